The maximum absolute atomic E-state index is 14.1. The van der Waals surface area contributed by atoms with Crippen LogP contribution in [0.5, 0.6) is 5.75 Å². The summed E-state index contributed by atoms with van der Waals surface area (Å²) in [5.74, 6) is -3.16. The molecule has 8 heteroatoms. The van der Waals surface area contributed by atoms with Gasteiger partial charge in [-0.05, 0) is 18.2 Å². The first-order valence-corrected chi connectivity index (χ1v) is 6.90. The van der Waals surface area contributed by atoms with E-state index in [1.54, 1.807) is 0 Å². The van der Waals surface area contributed by atoms with E-state index in [1.165, 1.54) is 17.6 Å². The first-order valence-electron chi connectivity index (χ1n) is 6.90. The number of carbonyl (C=O) groups is 1. The van der Waals surface area contributed by atoms with Crippen LogP contribution < -0.4 is 10.2 Å². The van der Waals surface area contributed by atoms with Crippen molar-refractivity contribution in [1.82, 2.24) is 10.5 Å². The van der Waals surface area contributed by atoms with Gasteiger partial charge in [-0.25, -0.2) is 18.7 Å². The quantitative estimate of drug-likeness (QED) is 0.473. The number of H-pyrrole nitrogens is 1. The molecule has 0 bridgehead atoms. The van der Waals surface area contributed by atoms with Crippen molar-refractivity contribution in [2.45, 2.75) is 6.10 Å². The average Bonchev–Trinajstić information content (AvgIpc) is 2.93. The Bertz CT molecular complexity index is 1000. The van der Waals surface area contributed by atoms with Gasteiger partial charge < -0.3 is 9.72 Å². The number of aromatic nitrogens is 1. The molecule has 1 aliphatic rings. The molecule has 5 nitrogen and oxygen atoms in total. The molecule has 0 saturated heterocycles. The van der Waals surface area contributed by atoms with Crippen molar-refractivity contribution in [3.05, 3.63) is 53.3 Å². The molecule has 1 aliphatic heterocycles. The number of nitrogens with one attached hydrogen (secondary N) is 2. The number of ether oxygens (including phenoxy) is 1. The van der Waals surface area contributed by atoms with Gasteiger partial charge in [-0.15, -0.1) is 0 Å². The van der Waals surface area contributed by atoms with E-state index in [1.807, 2.05) is 0 Å². The lowest BCUT2D eigenvalue weighted by Crippen LogP contribution is -2.31. The van der Waals surface area contributed by atoms with Gasteiger partial charge in [0, 0.05) is 28.6 Å². The number of fused-ring (bicyclic) bond motifs is 5. The van der Waals surface area contributed by atoms with Gasteiger partial charge in [0.15, 0.2) is 0 Å². The minimum Gasteiger partial charge on any atom is -0.475 e. The monoisotopic (exact) mass is 334 g/mol. The minimum atomic E-state index is -1.39. The van der Waals surface area contributed by atoms with Gasteiger partial charge in [-0.2, -0.15) is 0 Å². The van der Waals surface area contributed by atoms with Crippen LogP contribution in [0.15, 0.2) is 30.3 Å². The maximum Gasteiger partial charge on any atom is 0.289 e. The van der Waals surface area contributed by atoms with Crippen molar-refractivity contribution < 1.29 is 27.9 Å². The predicted octanol–water partition coefficient (Wildman–Crippen LogP) is 3.19. The van der Waals surface area contributed by atoms with E-state index in [0.717, 1.165) is 12.1 Å². The molecule has 2 aromatic carbocycles. The molecule has 122 valence electrons. The zero-order chi connectivity index (χ0) is 17.0. The highest BCUT2D eigenvalue weighted by molar-refractivity contribution is 5.99. The number of benzene rings is 2. The van der Waals surface area contributed by atoms with Crippen molar-refractivity contribution >= 4 is 16.8 Å². The van der Waals surface area contributed by atoms with Gasteiger partial charge >= 0.3 is 0 Å². The van der Waals surface area contributed by atoms with E-state index in [0.29, 0.717) is 17.3 Å². The molecule has 1 unspecified atom stereocenters. The normalized spacial score (nSPS) is 15.6. The summed E-state index contributed by atoms with van der Waals surface area (Å²) in [5, 5.41) is 9.02. The van der Waals surface area contributed by atoms with Crippen LogP contribution in [0.25, 0.3) is 22.2 Å². The minimum absolute atomic E-state index is 0.0158. The molecule has 0 radical (unpaired) electrons. The van der Waals surface area contributed by atoms with Gasteiger partial charge in [0.25, 0.3) is 5.91 Å². The smallest absolute Gasteiger partial charge is 0.289 e. The molecule has 1 atom stereocenters. The van der Waals surface area contributed by atoms with E-state index >= 15 is 0 Å². The number of amides is 1. The van der Waals surface area contributed by atoms with Gasteiger partial charge in [0.2, 0.25) is 6.10 Å². The number of aromatic amines is 1. The van der Waals surface area contributed by atoms with Crippen LogP contribution >= 0.6 is 0 Å². The summed E-state index contributed by atoms with van der Waals surface area (Å²) in [7, 11) is 0. The molecular formula is C16H9F3N2O3. The summed E-state index contributed by atoms with van der Waals surface area (Å²) in [6.45, 7) is 0. The Balaban J connectivity index is 2.09. The van der Waals surface area contributed by atoms with E-state index in [-0.39, 0.29) is 22.2 Å². The largest absolute Gasteiger partial charge is 0.475 e. The Morgan fingerprint density at radius 1 is 1.17 bits per heavy atom. The third-order valence-corrected chi connectivity index (χ3v) is 3.93. The second-order valence-electron chi connectivity index (χ2n) is 5.34. The lowest BCUT2D eigenvalue weighted by molar-refractivity contribution is -0.136. The fourth-order valence-electron chi connectivity index (χ4n) is 2.95. The fourth-order valence-corrected chi connectivity index (χ4v) is 2.95. The Kier molecular flexibility index (Phi) is 3.04. The summed E-state index contributed by atoms with van der Waals surface area (Å²) >= 11 is 0. The molecule has 2 heterocycles. The zero-order valence-corrected chi connectivity index (χ0v) is 11.9. The Morgan fingerprint density at radius 3 is 2.71 bits per heavy atom. The van der Waals surface area contributed by atoms with Gasteiger partial charge in [0.1, 0.15) is 23.2 Å². The van der Waals surface area contributed by atoms with E-state index in [2.05, 4.69) is 4.98 Å². The zero-order valence-electron chi connectivity index (χ0n) is 11.9. The Morgan fingerprint density at radius 2 is 1.96 bits per heavy atom. The van der Waals surface area contributed by atoms with Crippen LogP contribution in [0.1, 0.15) is 11.7 Å². The molecule has 1 amide bonds. The molecule has 1 aromatic heterocycles. The highest BCUT2D eigenvalue weighted by Gasteiger charge is 2.35. The third-order valence-electron chi connectivity index (χ3n) is 3.93. The number of halogens is 3. The van der Waals surface area contributed by atoms with Gasteiger partial charge in [-0.1, -0.05) is 0 Å². The molecule has 0 spiro atoms. The van der Waals surface area contributed by atoms with Crippen LogP contribution in [0.3, 0.4) is 0 Å². The van der Waals surface area contributed by atoms with Crippen LogP contribution in [0.4, 0.5) is 13.2 Å². The van der Waals surface area contributed by atoms with Crippen LogP contribution in [0, 0.1) is 17.5 Å². The highest BCUT2D eigenvalue weighted by Crippen LogP contribution is 2.46. The van der Waals surface area contributed by atoms with Crippen molar-refractivity contribution in [1.29, 1.82) is 0 Å². The second-order valence-corrected chi connectivity index (χ2v) is 5.34. The first-order chi connectivity index (χ1) is 11.5. The van der Waals surface area contributed by atoms with Gasteiger partial charge in [0.05, 0.1) is 11.2 Å². The van der Waals surface area contributed by atoms with Crippen molar-refractivity contribution in [2.75, 3.05) is 0 Å². The number of carbonyl (C=O) groups excluding carboxylic acids is 1. The number of hydrogen-bond acceptors (Lipinski definition) is 3. The van der Waals surface area contributed by atoms with Gasteiger partial charge in [-0.3, -0.25) is 10.0 Å². The Hall–Kier alpha value is -3.00. The number of hydroxylamine groups is 1. The summed E-state index contributed by atoms with van der Waals surface area (Å²) in [4.78, 5) is 14.7. The standard InChI is InChI=1S/C16H9F3N2O3/c17-6-1-2-8-11(5-6)24-15(16(22)21-23)12-9-3-7(18)4-10(19)13(9)20-14(8)12/h1-5,15,20,23H,(H,21,22). The molecule has 3 N–H and O–H groups in total. The predicted molar refractivity (Wildman–Crippen MR) is 76.9 cm³/mol. The summed E-state index contributed by atoms with van der Waals surface area (Å²) in [6.07, 6.45) is -1.39. The fraction of sp³-hybridized carbons (Fsp3) is 0.0625. The molecule has 0 fully saturated rings. The number of hydrogen-bond donors (Lipinski definition) is 3. The molecule has 4 rings (SSSR count). The van der Waals surface area contributed by atoms with Crippen molar-refractivity contribution in [3.63, 3.8) is 0 Å². The molecule has 24 heavy (non-hydrogen) atoms. The van der Waals surface area contributed by atoms with Crippen LogP contribution in [-0.2, 0) is 4.79 Å². The SMILES string of the molecule is O=C(NO)C1Oc2cc(F)ccc2-c2[nH]c3c(F)cc(F)cc3c21. The van der Waals surface area contributed by atoms with E-state index in [4.69, 9.17) is 9.94 Å². The molecular weight excluding hydrogens is 325 g/mol. The van der Waals surface area contributed by atoms with E-state index in [9.17, 15) is 18.0 Å². The number of rotatable bonds is 1. The molecule has 3 aromatic rings. The topological polar surface area (TPSA) is 74.3 Å². The lowest BCUT2D eigenvalue weighted by Gasteiger charge is -2.25. The lowest BCUT2D eigenvalue weighted by atomic mass is 9.96. The second kappa shape index (κ2) is 5.00. The molecule has 0 saturated carbocycles. The maximum atomic E-state index is 14.1. The average molecular weight is 334 g/mol. The summed E-state index contributed by atoms with van der Waals surface area (Å²) in [6, 6.07) is 5.42. The summed E-state index contributed by atoms with van der Waals surface area (Å²) in [5.41, 5.74) is 2.28. The molecule has 0 aliphatic carbocycles. The highest BCUT2D eigenvalue weighted by atomic mass is 19.1. The van der Waals surface area contributed by atoms with Crippen LogP contribution in [-0.4, -0.2) is 16.1 Å². The van der Waals surface area contributed by atoms with Crippen molar-refractivity contribution in [3.8, 4) is 17.0 Å². The van der Waals surface area contributed by atoms with E-state index < -0.39 is 29.5 Å². The first kappa shape index (κ1) is 14.6. The third kappa shape index (κ3) is 1.96. The van der Waals surface area contributed by atoms with Crippen LogP contribution in [0.2, 0.25) is 0 Å². The summed E-state index contributed by atoms with van der Waals surface area (Å²) < 4.78 is 46.6. The Labute approximate surface area is 132 Å². The van der Waals surface area contributed by atoms with Crippen molar-refractivity contribution in [2.24, 2.45) is 0 Å².